The standard InChI is InChI=1S/C19H29N7O2/c1-23(2)11-18(27)25-8-16-7-24(10-17(25)13-28-12-16)5-3-4-15-6-20-19-21-14-22-26(19)9-15/h6,9,14,16-17H,3-5,7-8,10-13H2,1-2H3/t16-,17-/m0/s1. The summed E-state index contributed by atoms with van der Waals surface area (Å²) in [5.74, 6) is 1.22. The molecule has 2 atom stereocenters. The molecular weight excluding hydrogens is 358 g/mol. The first-order valence-electron chi connectivity index (χ1n) is 9.97. The molecule has 2 saturated heterocycles. The monoisotopic (exact) mass is 387 g/mol. The van der Waals surface area contributed by atoms with Crippen LogP contribution in [0.2, 0.25) is 0 Å². The van der Waals surface area contributed by atoms with Crippen LogP contribution in [0.15, 0.2) is 18.7 Å². The van der Waals surface area contributed by atoms with Crippen molar-refractivity contribution in [2.45, 2.75) is 18.9 Å². The zero-order chi connectivity index (χ0) is 19.5. The van der Waals surface area contributed by atoms with Crippen molar-refractivity contribution in [3.8, 4) is 0 Å². The fourth-order valence-corrected chi connectivity index (χ4v) is 4.18. The first-order valence-corrected chi connectivity index (χ1v) is 9.97. The number of carbonyl (C=O) groups excluding carboxylic acids is 1. The van der Waals surface area contributed by atoms with E-state index < -0.39 is 0 Å². The number of fused-ring (bicyclic) bond motifs is 4. The Morgan fingerprint density at radius 1 is 1.25 bits per heavy atom. The average molecular weight is 387 g/mol. The van der Waals surface area contributed by atoms with Crippen LogP contribution < -0.4 is 0 Å². The highest BCUT2D eigenvalue weighted by Crippen LogP contribution is 2.20. The molecule has 9 nitrogen and oxygen atoms in total. The first kappa shape index (κ1) is 19.2. The molecule has 2 aliphatic heterocycles. The fourth-order valence-electron chi connectivity index (χ4n) is 4.18. The lowest BCUT2D eigenvalue weighted by atomic mass is 10.1. The molecule has 28 heavy (non-hydrogen) atoms. The predicted octanol–water partition coefficient (Wildman–Crippen LogP) is -0.222. The van der Waals surface area contributed by atoms with Gasteiger partial charge in [-0.05, 0) is 39.0 Å². The summed E-state index contributed by atoms with van der Waals surface area (Å²) in [7, 11) is 3.88. The lowest BCUT2D eigenvalue weighted by molar-refractivity contribution is -0.134. The summed E-state index contributed by atoms with van der Waals surface area (Å²) >= 11 is 0. The molecule has 2 aromatic heterocycles. The molecule has 9 heteroatoms. The Balaban J connectivity index is 1.34. The van der Waals surface area contributed by atoms with Crippen LogP contribution in [-0.4, -0.2) is 106 Å². The smallest absolute Gasteiger partial charge is 0.252 e. The SMILES string of the molecule is CN(C)CC(=O)N1C[C@H]2COC[C@@H]1CN(CCCc1cnc3ncnn3c1)C2. The summed E-state index contributed by atoms with van der Waals surface area (Å²) < 4.78 is 7.56. The van der Waals surface area contributed by atoms with Crippen LogP contribution in [0.1, 0.15) is 12.0 Å². The number of carbonyl (C=O) groups is 1. The van der Waals surface area contributed by atoms with Crippen molar-refractivity contribution in [2.75, 3.05) is 60.0 Å². The fraction of sp³-hybridized carbons (Fsp3) is 0.684. The van der Waals surface area contributed by atoms with Gasteiger partial charge < -0.3 is 19.4 Å². The molecule has 0 aliphatic carbocycles. The van der Waals surface area contributed by atoms with Crippen molar-refractivity contribution in [2.24, 2.45) is 5.92 Å². The van der Waals surface area contributed by atoms with Crippen LogP contribution in [0.25, 0.3) is 5.78 Å². The highest BCUT2D eigenvalue weighted by molar-refractivity contribution is 5.78. The predicted molar refractivity (Wildman–Crippen MR) is 104 cm³/mol. The molecular formula is C19H29N7O2. The quantitative estimate of drug-likeness (QED) is 0.678. The van der Waals surface area contributed by atoms with E-state index in [0.29, 0.717) is 24.8 Å². The molecule has 2 fully saturated rings. The Labute approximate surface area is 165 Å². The van der Waals surface area contributed by atoms with Crippen LogP contribution in [0.3, 0.4) is 0 Å². The number of aromatic nitrogens is 4. The number of hydrogen-bond donors (Lipinski definition) is 0. The molecule has 0 saturated carbocycles. The zero-order valence-electron chi connectivity index (χ0n) is 16.7. The summed E-state index contributed by atoms with van der Waals surface area (Å²) in [5.41, 5.74) is 1.17. The Hall–Kier alpha value is -2.10. The van der Waals surface area contributed by atoms with Gasteiger partial charge in [0.25, 0.3) is 5.78 Å². The topological polar surface area (TPSA) is 79.1 Å². The highest BCUT2D eigenvalue weighted by Gasteiger charge is 2.35. The molecule has 2 bridgehead atoms. The van der Waals surface area contributed by atoms with Crippen molar-refractivity contribution in [1.82, 2.24) is 34.3 Å². The Morgan fingerprint density at radius 2 is 2.14 bits per heavy atom. The van der Waals surface area contributed by atoms with E-state index in [1.54, 1.807) is 4.52 Å². The largest absolute Gasteiger partial charge is 0.379 e. The maximum absolute atomic E-state index is 12.7. The van der Waals surface area contributed by atoms with Crippen LogP contribution in [0.5, 0.6) is 0 Å². The summed E-state index contributed by atoms with van der Waals surface area (Å²) in [6.07, 6.45) is 7.41. The molecule has 4 rings (SSSR count). The van der Waals surface area contributed by atoms with Crippen molar-refractivity contribution in [1.29, 1.82) is 0 Å². The summed E-state index contributed by atoms with van der Waals surface area (Å²) in [4.78, 5) is 27.6. The van der Waals surface area contributed by atoms with Crippen LogP contribution in [0, 0.1) is 5.92 Å². The van der Waals surface area contributed by atoms with Gasteiger partial charge >= 0.3 is 0 Å². The Kier molecular flexibility index (Phi) is 5.84. The van der Waals surface area contributed by atoms with Crippen LogP contribution >= 0.6 is 0 Å². The second-order valence-electron chi connectivity index (χ2n) is 8.17. The van der Waals surface area contributed by atoms with Crippen molar-refractivity contribution in [3.63, 3.8) is 0 Å². The molecule has 0 radical (unpaired) electrons. The summed E-state index contributed by atoms with van der Waals surface area (Å²) in [6.45, 7) is 5.53. The number of rotatable bonds is 6. The molecule has 1 amide bonds. The van der Waals surface area contributed by atoms with Gasteiger partial charge in [-0.15, -0.1) is 0 Å². The summed E-state index contributed by atoms with van der Waals surface area (Å²) in [6, 6.07) is 0.146. The van der Waals surface area contributed by atoms with Crippen molar-refractivity contribution < 1.29 is 9.53 Å². The number of amides is 1. The second-order valence-corrected chi connectivity index (χ2v) is 8.17. The van der Waals surface area contributed by atoms with Gasteiger partial charge in [0.05, 0.1) is 25.8 Å². The van der Waals surface area contributed by atoms with Gasteiger partial charge in [0.15, 0.2) is 0 Å². The molecule has 2 aromatic rings. The number of ether oxygens (including phenoxy) is 1. The maximum Gasteiger partial charge on any atom is 0.252 e. The van der Waals surface area contributed by atoms with Gasteiger partial charge in [-0.25, -0.2) is 9.50 Å². The maximum atomic E-state index is 12.7. The number of nitrogens with zero attached hydrogens (tertiary/aromatic N) is 7. The normalized spacial score (nSPS) is 23.3. The molecule has 0 aromatic carbocycles. The minimum atomic E-state index is 0.146. The van der Waals surface area contributed by atoms with Gasteiger partial charge in [-0.3, -0.25) is 4.79 Å². The highest BCUT2D eigenvalue weighted by atomic mass is 16.5. The van der Waals surface area contributed by atoms with E-state index in [1.807, 2.05) is 31.4 Å². The lowest BCUT2D eigenvalue weighted by Crippen LogP contribution is -2.49. The van der Waals surface area contributed by atoms with Gasteiger partial charge in [0.2, 0.25) is 5.91 Å². The molecule has 0 unspecified atom stereocenters. The van der Waals surface area contributed by atoms with Gasteiger partial charge in [-0.1, -0.05) is 0 Å². The third kappa shape index (κ3) is 4.48. The molecule has 2 aliphatic rings. The summed E-state index contributed by atoms with van der Waals surface area (Å²) in [5, 5.41) is 4.15. The second kappa shape index (κ2) is 8.50. The first-order chi connectivity index (χ1) is 13.6. The Morgan fingerprint density at radius 3 is 3.00 bits per heavy atom. The zero-order valence-corrected chi connectivity index (χ0v) is 16.7. The van der Waals surface area contributed by atoms with Crippen molar-refractivity contribution >= 4 is 11.7 Å². The van der Waals surface area contributed by atoms with Crippen LogP contribution in [0.4, 0.5) is 0 Å². The minimum absolute atomic E-state index is 0.146. The van der Waals surface area contributed by atoms with E-state index in [0.717, 1.165) is 45.6 Å². The molecule has 4 heterocycles. The van der Waals surface area contributed by atoms with Gasteiger partial charge in [0.1, 0.15) is 6.33 Å². The molecule has 0 spiro atoms. The van der Waals surface area contributed by atoms with Gasteiger partial charge in [-0.2, -0.15) is 10.1 Å². The number of likely N-dealkylation sites (N-methyl/N-ethyl adjacent to an activating group) is 1. The lowest BCUT2D eigenvalue weighted by Gasteiger charge is -2.31. The molecule has 152 valence electrons. The van der Waals surface area contributed by atoms with Crippen molar-refractivity contribution in [3.05, 3.63) is 24.3 Å². The minimum Gasteiger partial charge on any atom is -0.379 e. The van der Waals surface area contributed by atoms with E-state index in [-0.39, 0.29) is 11.9 Å². The third-order valence-electron chi connectivity index (χ3n) is 5.44. The third-order valence-corrected chi connectivity index (χ3v) is 5.44. The van der Waals surface area contributed by atoms with E-state index in [2.05, 4.69) is 24.9 Å². The van der Waals surface area contributed by atoms with Gasteiger partial charge in [0, 0.05) is 37.9 Å². The van der Waals surface area contributed by atoms with E-state index in [1.165, 1.54) is 11.9 Å². The number of aryl methyl sites for hydroxylation is 1. The average Bonchev–Trinajstić information content (AvgIpc) is 2.91. The number of hydrogen-bond acceptors (Lipinski definition) is 7. The Bertz CT molecular complexity index is 808. The van der Waals surface area contributed by atoms with E-state index in [9.17, 15) is 4.79 Å². The molecule has 0 N–H and O–H groups in total. The van der Waals surface area contributed by atoms with E-state index in [4.69, 9.17) is 4.74 Å². The van der Waals surface area contributed by atoms with E-state index >= 15 is 0 Å². The van der Waals surface area contributed by atoms with Crippen LogP contribution in [-0.2, 0) is 16.0 Å².